The van der Waals surface area contributed by atoms with Crippen LogP contribution >= 0.6 is 0 Å². The molecule has 6 rings (SSSR count). The van der Waals surface area contributed by atoms with E-state index in [-0.39, 0.29) is 13.1 Å². The monoisotopic (exact) mass is 513 g/mol. The minimum atomic E-state index is -1.16. The van der Waals surface area contributed by atoms with Crippen LogP contribution in [0.3, 0.4) is 0 Å². The van der Waals surface area contributed by atoms with Gasteiger partial charge in [0.25, 0.3) is 5.91 Å². The molecule has 0 bridgehead atoms. The average molecular weight is 514 g/mol. The largest absolute Gasteiger partial charge is 0.495 e. The van der Waals surface area contributed by atoms with E-state index < -0.39 is 17.1 Å². The molecule has 2 aliphatic rings. The lowest BCUT2D eigenvalue weighted by Crippen LogP contribution is -2.49. The number of ketones is 1. The van der Waals surface area contributed by atoms with Crippen LogP contribution in [0.2, 0.25) is 0 Å². The van der Waals surface area contributed by atoms with Gasteiger partial charge in [0.15, 0.2) is 17.5 Å². The normalized spacial score (nSPS) is 18.1. The number of hydrogen-bond acceptors (Lipinski definition) is 9. The number of ether oxygens (including phenoxy) is 1. The number of anilines is 1. The van der Waals surface area contributed by atoms with Gasteiger partial charge >= 0.3 is 0 Å². The summed E-state index contributed by atoms with van der Waals surface area (Å²) in [7, 11) is 1.52. The third kappa shape index (κ3) is 3.63. The van der Waals surface area contributed by atoms with Crippen molar-refractivity contribution in [1.29, 1.82) is 0 Å². The van der Waals surface area contributed by atoms with Gasteiger partial charge in [0.05, 0.1) is 31.0 Å². The Balaban J connectivity index is 1.29. The second-order valence-electron chi connectivity index (χ2n) is 9.84. The molecule has 1 unspecified atom stereocenters. The zero-order valence-electron chi connectivity index (χ0n) is 21.6. The highest BCUT2D eigenvalue weighted by molar-refractivity contribution is 6.40. The SMILES string of the molecule is COc1cnc(-n2cnc(C)n2)c2c1C(C)(C(=O)C(=O)N1CCn3c(nnc3-c3cccc(C)c3)C1)CN2. The second kappa shape index (κ2) is 8.75. The number of aromatic nitrogens is 7. The first kappa shape index (κ1) is 23.8. The Morgan fingerprint density at radius 3 is 2.71 bits per heavy atom. The van der Waals surface area contributed by atoms with E-state index in [0.717, 1.165) is 17.0 Å². The number of fused-ring (bicyclic) bond motifs is 2. The molecule has 0 fully saturated rings. The lowest BCUT2D eigenvalue weighted by atomic mass is 9.79. The summed E-state index contributed by atoms with van der Waals surface area (Å²) in [6.07, 6.45) is 3.11. The molecule has 5 heterocycles. The van der Waals surface area contributed by atoms with Gasteiger partial charge in [0, 0.05) is 30.8 Å². The highest BCUT2D eigenvalue weighted by Crippen LogP contribution is 2.45. The maximum absolute atomic E-state index is 13.8. The smallest absolute Gasteiger partial charge is 0.291 e. The lowest BCUT2D eigenvalue weighted by Gasteiger charge is -2.31. The Bertz CT molecular complexity index is 1590. The highest BCUT2D eigenvalue weighted by atomic mass is 16.5. The molecule has 0 aliphatic carbocycles. The van der Waals surface area contributed by atoms with Crippen molar-refractivity contribution in [2.75, 3.05) is 25.5 Å². The summed E-state index contributed by atoms with van der Waals surface area (Å²) < 4.78 is 9.13. The van der Waals surface area contributed by atoms with E-state index in [2.05, 4.69) is 36.6 Å². The third-order valence-electron chi connectivity index (χ3n) is 7.25. The zero-order chi connectivity index (χ0) is 26.6. The summed E-state index contributed by atoms with van der Waals surface area (Å²) in [5.74, 6) is 1.82. The average Bonchev–Trinajstić information content (AvgIpc) is 3.64. The van der Waals surface area contributed by atoms with Gasteiger partial charge in [0.2, 0.25) is 5.78 Å². The van der Waals surface area contributed by atoms with Crippen molar-refractivity contribution < 1.29 is 14.3 Å². The molecule has 194 valence electrons. The lowest BCUT2D eigenvalue weighted by molar-refractivity contribution is -0.148. The fourth-order valence-corrected chi connectivity index (χ4v) is 5.23. The molecule has 1 N–H and O–H groups in total. The standard InChI is InChI=1S/C26H27N9O3/c1-15-6-5-7-17(10-15)23-31-30-19-12-33(8-9-34(19)23)25(37)22(36)26(3)13-28-21-20(26)18(38-4)11-27-24(21)35-14-29-16(2)32-35/h5-7,10-11,14,28H,8-9,12-13H2,1-4H3. The number of benzene rings is 1. The Kier molecular flexibility index (Phi) is 5.47. The number of rotatable bonds is 5. The molecule has 38 heavy (non-hydrogen) atoms. The highest BCUT2D eigenvalue weighted by Gasteiger charge is 2.49. The first-order valence-electron chi connectivity index (χ1n) is 12.3. The predicted molar refractivity (Wildman–Crippen MR) is 137 cm³/mol. The summed E-state index contributed by atoms with van der Waals surface area (Å²) in [6, 6.07) is 8.06. The molecule has 12 heteroatoms. The maximum Gasteiger partial charge on any atom is 0.291 e. The van der Waals surface area contributed by atoms with Crippen LogP contribution < -0.4 is 10.1 Å². The first-order chi connectivity index (χ1) is 18.3. The Labute approximate surface area is 218 Å². The van der Waals surface area contributed by atoms with E-state index >= 15 is 0 Å². The molecule has 0 saturated heterocycles. The Hall–Kier alpha value is -4.61. The number of nitrogens with zero attached hydrogens (tertiary/aromatic N) is 8. The zero-order valence-corrected chi connectivity index (χ0v) is 21.6. The molecule has 0 spiro atoms. The number of carbonyl (C=O) groups excluding carboxylic acids is 2. The van der Waals surface area contributed by atoms with Crippen molar-refractivity contribution >= 4 is 17.4 Å². The van der Waals surface area contributed by atoms with Gasteiger partial charge in [-0.3, -0.25) is 9.59 Å². The van der Waals surface area contributed by atoms with E-state index in [9.17, 15) is 9.59 Å². The molecule has 1 amide bonds. The maximum atomic E-state index is 13.8. The van der Waals surface area contributed by atoms with Crippen LogP contribution in [0.5, 0.6) is 5.75 Å². The van der Waals surface area contributed by atoms with Crippen molar-refractivity contribution in [3.05, 3.63) is 59.6 Å². The van der Waals surface area contributed by atoms with Crippen LogP contribution in [-0.2, 0) is 28.1 Å². The van der Waals surface area contributed by atoms with Crippen LogP contribution in [0.1, 0.15) is 29.7 Å². The Morgan fingerprint density at radius 2 is 1.97 bits per heavy atom. The summed E-state index contributed by atoms with van der Waals surface area (Å²) in [5.41, 5.74) is 2.12. The van der Waals surface area contributed by atoms with Crippen molar-refractivity contribution in [3.8, 4) is 23.0 Å². The van der Waals surface area contributed by atoms with Crippen molar-refractivity contribution in [2.24, 2.45) is 0 Å². The molecule has 1 aromatic carbocycles. The van der Waals surface area contributed by atoms with Gasteiger partial charge in [-0.1, -0.05) is 23.8 Å². The van der Waals surface area contributed by atoms with Crippen molar-refractivity contribution in [2.45, 2.75) is 39.3 Å². The second-order valence-corrected chi connectivity index (χ2v) is 9.84. The van der Waals surface area contributed by atoms with Crippen LogP contribution in [0, 0.1) is 13.8 Å². The molecule has 12 nitrogen and oxygen atoms in total. The van der Waals surface area contributed by atoms with Gasteiger partial charge in [0.1, 0.15) is 17.9 Å². The van der Waals surface area contributed by atoms with Gasteiger partial charge in [-0.15, -0.1) is 10.2 Å². The molecule has 2 aliphatic heterocycles. The number of aryl methyl sites for hydroxylation is 2. The number of methoxy groups -OCH3 is 1. The number of pyridine rings is 1. The van der Waals surface area contributed by atoms with Crippen molar-refractivity contribution in [1.82, 2.24) is 39.4 Å². The molecule has 1 atom stereocenters. The predicted octanol–water partition coefficient (Wildman–Crippen LogP) is 1.84. The number of nitrogens with one attached hydrogen (secondary N) is 1. The summed E-state index contributed by atoms with van der Waals surface area (Å²) in [5, 5.41) is 16.3. The minimum absolute atomic E-state index is 0.205. The molecular formula is C26H27N9O3. The van der Waals surface area contributed by atoms with Crippen LogP contribution in [0.15, 0.2) is 36.8 Å². The molecular weight excluding hydrogens is 486 g/mol. The van der Waals surface area contributed by atoms with Crippen LogP contribution in [0.4, 0.5) is 5.69 Å². The number of amides is 1. The fraction of sp³-hybridized carbons (Fsp3) is 0.346. The number of hydrogen-bond donors (Lipinski definition) is 1. The summed E-state index contributed by atoms with van der Waals surface area (Å²) >= 11 is 0. The van der Waals surface area contributed by atoms with Gasteiger partial charge in [-0.2, -0.15) is 5.10 Å². The third-order valence-corrected chi connectivity index (χ3v) is 7.25. The van der Waals surface area contributed by atoms with E-state index in [0.29, 0.717) is 47.6 Å². The molecule has 4 aromatic rings. The van der Waals surface area contributed by atoms with Crippen molar-refractivity contribution in [3.63, 3.8) is 0 Å². The quantitative estimate of drug-likeness (QED) is 0.397. The van der Waals surface area contributed by atoms with E-state index in [1.165, 1.54) is 7.11 Å². The topological polar surface area (TPSA) is 133 Å². The first-order valence-corrected chi connectivity index (χ1v) is 12.3. The van der Waals surface area contributed by atoms with E-state index in [4.69, 9.17) is 4.74 Å². The molecule has 0 saturated carbocycles. The van der Waals surface area contributed by atoms with E-state index in [1.54, 1.807) is 36.0 Å². The van der Waals surface area contributed by atoms with E-state index in [1.807, 2.05) is 29.7 Å². The van der Waals surface area contributed by atoms with Crippen LogP contribution in [0.25, 0.3) is 17.2 Å². The number of Topliss-reactive ketones (excluding diaryl/α,β-unsaturated/α-hetero) is 1. The van der Waals surface area contributed by atoms with Crippen LogP contribution in [-0.4, -0.2) is 71.3 Å². The Morgan fingerprint density at radius 1 is 1.13 bits per heavy atom. The van der Waals surface area contributed by atoms with Gasteiger partial charge in [-0.05, 0) is 26.8 Å². The molecule has 0 radical (unpaired) electrons. The molecule has 3 aromatic heterocycles. The number of carbonyl (C=O) groups is 2. The van der Waals surface area contributed by atoms with Gasteiger partial charge in [-0.25, -0.2) is 14.6 Å². The minimum Gasteiger partial charge on any atom is -0.495 e. The fourth-order valence-electron chi connectivity index (χ4n) is 5.23. The summed E-state index contributed by atoms with van der Waals surface area (Å²) in [4.78, 5) is 37.6. The summed E-state index contributed by atoms with van der Waals surface area (Å²) in [6.45, 7) is 6.87. The van der Waals surface area contributed by atoms with Gasteiger partial charge < -0.3 is 19.5 Å².